The first-order chi connectivity index (χ1) is 14.9. The van der Waals surface area contributed by atoms with Gasteiger partial charge in [0.2, 0.25) is 5.91 Å². The lowest BCUT2D eigenvalue weighted by Crippen LogP contribution is -2.28. The van der Waals surface area contributed by atoms with Gasteiger partial charge in [0.1, 0.15) is 11.3 Å². The lowest BCUT2D eigenvalue weighted by atomic mass is 9.94. The fraction of sp³-hybridized carbons (Fsp3) is 0.222. The van der Waals surface area contributed by atoms with E-state index in [2.05, 4.69) is 41.7 Å². The van der Waals surface area contributed by atoms with Gasteiger partial charge >= 0.3 is 0 Å². The van der Waals surface area contributed by atoms with E-state index in [-0.39, 0.29) is 11.9 Å². The SMILES string of the molecule is COc1c(/C(C)=C/C(=O)NC(C)C)cc2c(-c3cccc4ccccc34)coc2c1C. The summed E-state index contributed by atoms with van der Waals surface area (Å²) in [7, 11) is 1.65. The number of hydrogen-bond acceptors (Lipinski definition) is 3. The number of carbonyl (C=O) groups is 1. The maximum Gasteiger partial charge on any atom is 0.244 e. The lowest BCUT2D eigenvalue weighted by Gasteiger charge is -2.14. The third kappa shape index (κ3) is 3.81. The fourth-order valence-electron chi connectivity index (χ4n) is 4.14. The fourth-order valence-corrected chi connectivity index (χ4v) is 4.14. The number of hydrogen-bond donors (Lipinski definition) is 1. The molecule has 31 heavy (non-hydrogen) atoms. The van der Waals surface area contributed by atoms with E-state index in [4.69, 9.17) is 9.15 Å². The molecule has 1 heterocycles. The van der Waals surface area contributed by atoms with Gasteiger partial charge in [-0.15, -0.1) is 0 Å². The Hall–Kier alpha value is -3.53. The van der Waals surface area contributed by atoms with Crippen LogP contribution in [0.25, 0.3) is 38.4 Å². The molecule has 0 saturated carbocycles. The van der Waals surface area contributed by atoms with Gasteiger partial charge < -0.3 is 14.5 Å². The molecule has 4 heteroatoms. The van der Waals surface area contributed by atoms with Crippen LogP contribution >= 0.6 is 0 Å². The molecule has 1 amide bonds. The third-order valence-corrected chi connectivity index (χ3v) is 5.53. The predicted molar refractivity (Wildman–Crippen MR) is 127 cm³/mol. The van der Waals surface area contributed by atoms with Crippen molar-refractivity contribution in [1.82, 2.24) is 5.32 Å². The zero-order valence-electron chi connectivity index (χ0n) is 18.6. The summed E-state index contributed by atoms with van der Waals surface area (Å²) >= 11 is 0. The van der Waals surface area contributed by atoms with E-state index < -0.39 is 0 Å². The Morgan fingerprint density at radius 1 is 1.06 bits per heavy atom. The predicted octanol–water partition coefficient (Wildman–Crippen LogP) is 6.50. The summed E-state index contributed by atoms with van der Waals surface area (Å²) in [5.41, 5.74) is 5.57. The monoisotopic (exact) mass is 413 g/mol. The molecular weight excluding hydrogens is 386 g/mol. The van der Waals surface area contributed by atoms with Gasteiger partial charge in [0.15, 0.2) is 0 Å². The van der Waals surface area contributed by atoms with Crippen molar-refractivity contribution in [2.24, 2.45) is 0 Å². The smallest absolute Gasteiger partial charge is 0.244 e. The van der Waals surface area contributed by atoms with E-state index in [9.17, 15) is 4.79 Å². The summed E-state index contributed by atoms with van der Waals surface area (Å²) in [6, 6.07) is 16.8. The highest BCUT2D eigenvalue weighted by Crippen LogP contribution is 2.42. The van der Waals surface area contributed by atoms with Crippen molar-refractivity contribution >= 4 is 33.2 Å². The highest BCUT2D eigenvalue weighted by Gasteiger charge is 2.19. The third-order valence-electron chi connectivity index (χ3n) is 5.53. The summed E-state index contributed by atoms with van der Waals surface area (Å²) in [6.45, 7) is 7.81. The molecule has 4 aromatic rings. The summed E-state index contributed by atoms with van der Waals surface area (Å²) in [6.07, 6.45) is 3.44. The molecular formula is C27H27NO3. The number of carbonyl (C=O) groups excluding carboxylic acids is 1. The van der Waals surface area contributed by atoms with Crippen molar-refractivity contribution < 1.29 is 13.9 Å². The average Bonchev–Trinajstić information content (AvgIpc) is 3.16. The minimum absolute atomic E-state index is 0.0782. The first-order valence-corrected chi connectivity index (χ1v) is 10.5. The van der Waals surface area contributed by atoms with Crippen LogP contribution in [0.2, 0.25) is 0 Å². The molecule has 3 aromatic carbocycles. The molecule has 4 nitrogen and oxygen atoms in total. The van der Waals surface area contributed by atoms with Crippen molar-refractivity contribution in [2.75, 3.05) is 7.11 Å². The van der Waals surface area contributed by atoms with Crippen LogP contribution in [0, 0.1) is 6.92 Å². The van der Waals surface area contributed by atoms with Crippen molar-refractivity contribution in [3.8, 4) is 16.9 Å². The number of benzene rings is 3. The molecule has 0 aliphatic heterocycles. The second kappa shape index (κ2) is 8.31. The van der Waals surface area contributed by atoms with E-state index in [0.717, 1.165) is 44.5 Å². The van der Waals surface area contributed by atoms with Crippen molar-refractivity contribution in [3.63, 3.8) is 0 Å². The van der Waals surface area contributed by atoms with Crippen LogP contribution in [0.1, 0.15) is 31.9 Å². The lowest BCUT2D eigenvalue weighted by molar-refractivity contribution is -0.116. The van der Waals surface area contributed by atoms with Crippen molar-refractivity contribution in [2.45, 2.75) is 33.7 Å². The number of allylic oxidation sites excluding steroid dienone is 1. The summed E-state index contributed by atoms with van der Waals surface area (Å²) in [4.78, 5) is 12.3. The van der Waals surface area contributed by atoms with Gasteiger partial charge in [-0.2, -0.15) is 0 Å². The maximum atomic E-state index is 12.3. The first kappa shape index (κ1) is 20.7. The van der Waals surface area contributed by atoms with Gasteiger partial charge in [0.25, 0.3) is 0 Å². The molecule has 4 rings (SSSR count). The van der Waals surface area contributed by atoms with Crippen LogP contribution in [0.15, 0.2) is 65.3 Å². The largest absolute Gasteiger partial charge is 0.496 e. The number of amides is 1. The highest BCUT2D eigenvalue weighted by atomic mass is 16.5. The molecule has 0 spiro atoms. The molecule has 0 unspecified atom stereocenters. The molecule has 0 aliphatic carbocycles. The maximum absolute atomic E-state index is 12.3. The van der Waals surface area contributed by atoms with Crippen LogP contribution in [0.4, 0.5) is 0 Å². The van der Waals surface area contributed by atoms with Crippen LogP contribution in [0.3, 0.4) is 0 Å². The molecule has 0 fully saturated rings. The topological polar surface area (TPSA) is 51.5 Å². The van der Waals surface area contributed by atoms with E-state index in [1.165, 1.54) is 10.8 Å². The van der Waals surface area contributed by atoms with Crippen LogP contribution < -0.4 is 10.1 Å². The number of ether oxygens (including phenoxy) is 1. The zero-order chi connectivity index (χ0) is 22.1. The summed E-state index contributed by atoms with van der Waals surface area (Å²) < 4.78 is 11.7. The molecule has 1 aromatic heterocycles. The van der Waals surface area contributed by atoms with Gasteiger partial charge in [-0.25, -0.2) is 0 Å². The highest BCUT2D eigenvalue weighted by molar-refractivity contribution is 6.07. The molecule has 1 N–H and O–H groups in total. The number of aryl methyl sites for hydroxylation is 1. The number of rotatable bonds is 5. The Morgan fingerprint density at radius 3 is 2.55 bits per heavy atom. The second-order valence-corrected chi connectivity index (χ2v) is 8.13. The Balaban J connectivity index is 1.93. The zero-order valence-corrected chi connectivity index (χ0v) is 18.6. The van der Waals surface area contributed by atoms with Gasteiger partial charge in [-0.05, 0) is 55.7 Å². The van der Waals surface area contributed by atoms with E-state index in [0.29, 0.717) is 0 Å². The van der Waals surface area contributed by atoms with E-state index in [1.54, 1.807) is 13.2 Å². The quantitative estimate of drug-likeness (QED) is 0.380. The molecule has 0 bridgehead atoms. The summed E-state index contributed by atoms with van der Waals surface area (Å²) in [5.74, 6) is 0.603. The summed E-state index contributed by atoms with van der Waals surface area (Å²) in [5, 5.41) is 6.27. The second-order valence-electron chi connectivity index (χ2n) is 8.13. The number of nitrogens with one attached hydrogen (secondary N) is 1. The van der Waals surface area contributed by atoms with Gasteiger partial charge in [-0.3, -0.25) is 4.79 Å². The molecule has 0 aliphatic rings. The number of furan rings is 1. The first-order valence-electron chi connectivity index (χ1n) is 10.5. The number of fused-ring (bicyclic) bond motifs is 2. The van der Waals surface area contributed by atoms with E-state index in [1.807, 2.05) is 46.1 Å². The van der Waals surface area contributed by atoms with Gasteiger partial charge in [0.05, 0.1) is 13.4 Å². The Kier molecular flexibility index (Phi) is 5.55. The van der Waals surface area contributed by atoms with E-state index >= 15 is 0 Å². The number of methoxy groups -OCH3 is 1. The molecule has 0 saturated heterocycles. The molecule has 158 valence electrons. The van der Waals surface area contributed by atoms with Crippen molar-refractivity contribution in [3.05, 3.63) is 72.0 Å². The molecule has 0 atom stereocenters. The Labute approximate surface area is 182 Å². The Morgan fingerprint density at radius 2 is 1.81 bits per heavy atom. The standard InChI is InChI=1S/C27H27NO3/c1-16(2)28-25(29)13-17(3)22-14-23-24(15-31-27(23)18(4)26(22)30-5)21-12-8-10-19-9-6-7-11-20(19)21/h6-16H,1-5H3,(H,28,29)/b17-13+. The molecule has 0 radical (unpaired) electrons. The van der Waals surface area contributed by atoms with Gasteiger partial charge in [-0.1, -0.05) is 42.5 Å². The van der Waals surface area contributed by atoms with Gasteiger partial charge in [0, 0.05) is 34.2 Å². The van der Waals surface area contributed by atoms with Crippen LogP contribution in [0.5, 0.6) is 5.75 Å². The Bertz CT molecular complexity index is 1310. The van der Waals surface area contributed by atoms with Crippen LogP contribution in [-0.4, -0.2) is 19.1 Å². The van der Waals surface area contributed by atoms with Crippen LogP contribution in [-0.2, 0) is 4.79 Å². The normalized spacial score (nSPS) is 12.0. The minimum atomic E-state index is -0.117. The van der Waals surface area contributed by atoms with Crippen molar-refractivity contribution in [1.29, 1.82) is 0 Å². The average molecular weight is 414 g/mol. The minimum Gasteiger partial charge on any atom is -0.496 e.